The fourth-order valence-electron chi connectivity index (χ4n) is 3.55. The van der Waals surface area contributed by atoms with E-state index in [2.05, 4.69) is 9.97 Å². The first-order valence-corrected chi connectivity index (χ1v) is 8.47. The minimum Gasteiger partial charge on any atom is -0.386 e. The highest BCUT2D eigenvalue weighted by Gasteiger charge is 2.56. The molecule has 2 aromatic heterocycles. The number of fused-ring (bicyclic) bond motifs is 1. The number of ether oxygens (including phenoxy) is 1. The first-order chi connectivity index (χ1) is 13.2. The van der Waals surface area contributed by atoms with Crippen LogP contribution in [0.5, 0.6) is 0 Å². The van der Waals surface area contributed by atoms with Gasteiger partial charge in [0, 0.05) is 12.3 Å². The minimum atomic E-state index is -1.93. The van der Waals surface area contributed by atoms with Crippen molar-refractivity contribution in [3.63, 3.8) is 0 Å². The van der Waals surface area contributed by atoms with Gasteiger partial charge in [-0.1, -0.05) is 0 Å². The molecule has 1 aromatic carbocycles. The van der Waals surface area contributed by atoms with Gasteiger partial charge in [0.2, 0.25) is 0 Å². The monoisotopic (exact) mass is 392 g/mol. The number of aromatic nitrogens is 3. The fraction of sp³-hybridized carbons (Fsp3) is 0.333. The Bertz CT molecular complexity index is 1020. The lowest BCUT2D eigenvalue weighted by Gasteiger charge is -2.29. The van der Waals surface area contributed by atoms with Gasteiger partial charge in [-0.25, -0.2) is 18.7 Å². The number of benzene rings is 1. The second-order valence-corrected chi connectivity index (χ2v) is 6.98. The molecule has 148 valence electrons. The van der Waals surface area contributed by atoms with Crippen molar-refractivity contribution in [2.45, 2.75) is 37.1 Å². The van der Waals surface area contributed by atoms with E-state index in [4.69, 9.17) is 10.5 Å². The molecule has 5 N–H and O–H groups in total. The number of rotatable bonds is 3. The molecule has 1 saturated heterocycles. The molecular weight excluding hydrogens is 374 g/mol. The Morgan fingerprint density at radius 2 is 1.93 bits per heavy atom. The van der Waals surface area contributed by atoms with E-state index in [1.807, 2.05) is 0 Å². The van der Waals surface area contributed by atoms with Crippen LogP contribution in [0.2, 0.25) is 0 Å². The third-order valence-electron chi connectivity index (χ3n) is 5.06. The van der Waals surface area contributed by atoms with Crippen LogP contribution in [0, 0.1) is 11.6 Å². The topological polar surface area (TPSA) is 127 Å². The Hall–Kier alpha value is -2.66. The summed E-state index contributed by atoms with van der Waals surface area (Å²) in [5.74, 6) is -1.53. The average molecular weight is 392 g/mol. The van der Waals surface area contributed by atoms with E-state index in [1.54, 1.807) is 12.3 Å². The third-order valence-corrected chi connectivity index (χ3v) is 5.06. The van der Waals surface area contributed by atoms with Crippen molar-refractivity contribution in [1.82, 2.24) is 14.5 Å². The van der Waals surface area contributed by atoms with E-state index < -0.39 is 41.8 Å². The minimum absolute atomic E-state index is 0.125. The van der Waals surface area contributed by atoms with Crippen molar-refractivity contribution >= 4 is 16.9 Å². The van der Waals surface area contributed by atoms with Gasteiger partial charge < -0.3 is 30.4 Å². The Morgan fingerprint density at radius 3 is 2.61 bits per heavy atom. The molecule has 0 bridgehead atoms. The van der Waals surface area contributed by atoms with Crippen LogP contribution in [0.4, 0.5) is 14.6 Å². The quantitative estimate of drug-likeness (QED) is 0.524. The molecule has 3 heterocycles. The summed E-state index contributed by atoms with van der Waals surface area (Å²) < 4.78 is 34.2. The van der Waals surface area contributed by atoms with Crippen molar-refractivity contribution in [3.8, 4) is 0 Å². The lowest BCUT2D eigenvalue weighted by atomic mass is 9.88. The molecule has 28 heavy (non-hydrogen) atoms. The van der Waals surface area contributed by atoms with Crippen LogP contribution in [0.15, 0.2) is 36.8 Å². The molecule has 10 heteroatoms. The fourth-order valence-corrected chi connectivity index (χ4v) is 3.55. The lowest BCUT2D eigenvalue weighted by molar-refractivity contribution is -0.115. The largest absolute Gasteiger partial charge is 0.386 e. The van der Waals surface area contributed by atoms with E-state index in [0.717, 1.165) is 12.1 Å². The summed E-state index contributed by atoms with van der Waals surface area (Å²) in [6.45, 7) is 1.27. The van der Waals surface area contributed by atoms with Crippen molar-refractivity contribution in [2.24, 2.45) is 0 Å². The van der Waals surface area contributed by atoms with E-state index in [0.29, 0.717) is 17.1 Å². The highest BCUT2D eigenvalue weighted by atomic mass is 19.1. The molecule has 4 rings (SSSR count). The van der Waals surface area contributed by atoms with Crippen LogP contribution < -0.4 is 5.73 Å². The SMILES string of the molecule is C[C@@]1(O)[C@@H]([C@@H](O)c2cc(F)cc(F)c2)O[C@@H](n2ccc3c(N)ncnc32)[C@@H]1O. The number of hydrogen-bond acceptors (Lipinski definition) is 7. The third kappa shape index (κ3) is 2.81. The lowest BCUT2D eigenvalue weighted by Crippen LogP contribution is -2.47. The molecule has 0 radical (unpaired) electrons. The predicted molar refractivity (Wildman–Crippen MR) is 93.8 cm³/mol. The van der Waals surface area contributed by atoms with E-state index >= 15 is 0 Å². The molecule has 3 aromatic rings. The van der Waals surface area contributed by atoms with Crippen LogP contribution in [-0.4, -0.2) is 47.7 Å². The van der Waals surface area contributed by atoms with Crippen LogP contribution in [0.1, 0.15) is 24.8 Å². The number of aliphatic hydroxyl groups is 3. The van der Waals surface area contributed by atoms with Gasteiger partial charge in [-0.3, -0.25) is 0 Å². The predicted octanol–water partition coefficient (Wildman–Crippen LogP) is 1.03. The van der Waals surface area contributed by atoms with Crippen LogP contribution >= 0.6 is 0 Å². The van der Waals surface area contributed by atoms with Crippen molar-refractivity contribution in [1.29, 1.82) is 0 Å². The molecule has 8 nitrogen and oxygen atoms in total. The second-order valence-electron chi connectivity index (χ2n) is 6.98. The van der Waals surface area contributed by atoms with E-state index in [1.165, 1.54) is 17.8 Å². The summed E-state index contributed by atoms with van der Waals surface area (Å²) >= 11 is 0. The number of nitrogens with zero attached hydrogens (tertiary/aromatic N) is 3. The summed E-state index contributed by atoms with van der Waals surface area (Å²) in [6, 6.07) is 4.16. The molecule has 1 aliphatic rings. The maximum Gasteiger partial charge on any atom is 0.164 e. The van der Waals surface area contributed by atoms with Crippen molar-refractivity contribution in [3.05, 3.63) is 54.0 Å². The van der Waals surface area contributed by atoms with Gasteiger partial charge in [0.25, 0.3) is 0 Å². The Morgan fingerprint density at radius 1 is 1.25 bits per heavy atom. The zero-order valence-corrected chi connectivity index (χ0v) is 14.7. The van der Waals surface area contributed by atoms with Crippen molar-refractivity contribution in [2.75, 3.05) is 5.73 Å². The molecule has 1 aliphatic heterocycles. The maximum absolute atomic E-state index is 13.5. The molecule has 1 fully saturated rings. The maximum atomic E-state index is 13.5. The van der Waals surface area contributed by atoms with Gasteiger partial charge in [0.1, 0.15) is 53.3 Å². The number of nitrogen functional groups attached to an aromatic ring is 1. The summed E-state index contributed by atoms with van der Waals surface area (Å²) in [5.41, 5.74) is 4.11. The smallest absolute Gasteiger partial charge is 0.164 e. The highest BCUT2D eigenvalue weighted by molar-refractivity contribution is 5.86. The van der Waals surface area contributed by atoms with Gasteiger partial charge >= 0.3 is 0 Å². The molecule has 0 amide bonds. The van der Waals surface area contributed by atoms with Gasteiger partial charge in [0.15, 0.2) is 6.23 Å². The first-order valence-electron chi connectivity index (χ1n) is 8.47. The van der Waals surface area contributed by atoms with Crippen molar-refractivity contribution < 1.29 is 28.8 Å². The summed E-state index contributed by atoms with van der Waals surface area (Å²) in [6.07, 6.45) is -2.77. The molecular formula is C18H18F2N4O4. The number of aliphatic hydroxyl groups excluding tert-OH is 2. The normalized spacial score (nSPS) is 28.7. The number of hydrogen-bond donors (Lipinski definition) is 4. The van der Waals surface area contributed by atoms with Gasteiger partial charge in [0.05, 0.1) is 5.39 Å². The Kier molecular flexibility index (Phi) is 4.31. The average Bonchev–Trinajstić information content (AvgIpc) is 3.14. The van der Waals surface area contributed by atoms with E-state index in [-0.39, 0.29) is 11.4 Å². The number of halogens is 2. The summed E-state index contributed by atoms with van der Waals surface area (Å²) in [4.78, 5) is 8.00. The van der Waals surface area contributed by atoms with Crippen LogP contribution in [0.25, 0.3) is 11.0 Å². The second kappa shape index (κ2) is 6.45. The van der Waals surface area contributed by atoms with Gasteiger partial charge in [-0.05, 0) is 30.7 Å². The highest BCUT2D eigenvalue weighted by Crippen LogP contribution is 2.43. The Balaban J connectivity index is 1.72. The standard InChI is InChI=1S/C18H18F2N4O4/c1-18(27)13(26)17(24-3-2-11-15(21)22-7-23-16(11)24)28-14(18)12(25)8-4-9(19)6-10(20)5-8/h2-7,12-14,17,25-27H,1H3,(H2,21,22,23)/t12-,13-,14+,17+,18-/m0/s1. The zero-order valence-electron chi connectivity index (χ0n) is 14.7. The molecule has 0 aliphatic carbocycles. The van der Waals surface area contributed by atoms with E-state index in [9.17, 15) is 24.1 Å². The van der Waals surface area contributed by atoms with Crippen LogP contribution in [-0.2, 0) is 4.74 Å². The first kappa shape index (κ1) is 18.7. The zero-order chi connectivity index (χ0) is 20.2. The molecule has 5 atom stereocenters. The summed E-state index contributed by atoms with van der Waals surface area (Å²) in [7, 11) is 0. The molecule has 0 unspecified atom stereocenters. The summed E-state index contributed by atoms with van der Waals surface area (Å²) in [5, 5.41) is 32.6. The Labute approximate surface area is 157 Å². The number of anilines is 1. The molecule has 0 spiro atoms. The molecule has 0 saturated carbocycles. The van der Waals surface area contributed by atoms with Gasteiger partial charge in [-0.15, -0.1) is 0 Å². The van der Waals surface area contributed by atoms with Gasteiger partial charge in [-0.2, -0.15) is 0 Å². The van der Waals surface area contributed by atoms with Crippen LogP contribution in [0.3, 0.4) is 0 Å². The number of nitrogens with two attached hydrogens (primary N) is 1.